The monoisotopic (exact) mass is 275 g/mol. The number of rotatable bonds is 4. The van der Waals surface area contributed by atoms with Crippen molar-refractivity contribution in [3.05, 3.63) is 76.9 Å². The van der Waals surface area contributed by atoms with Crippen LogP contribution >= 0.6 is 0 Å². The van der Waals surface area contributed by atoms with Gasteiger partial charge in [0.15, 0.2) is 11.6 Å². The maximum atomic E-state index is 12.4. The van der Waals surface area contributed by atoms with Crippen molar-refractivity contribution >= 4 is 17.6 Å². The summed E-state index contributed by atoms with van der Waals surface area (Å²) in [6.45, 7) is 1.37. The van der Waals surface area contributed by atoms with Crippen LogP contribution in [0.4, 0.5) is 0 Å². The molecular formula is C18H13NO2. The molecule has 2 aromatic carbocycles. The summed E-state index contributed by atoms with van der Waals surface area (Å²) in [6, 6.07) is 17.4. The molecule has 0 radical (unpaired) electrons. The van der Waals surface area contributed by atoms with E-state index < -0.39 is 0 Å². The van der Waals surface area contributed by atoms with E-state index in [0.29, 0.717) is 16.7 Å². The largest absolute Gasteiger partial charge is 0.294 e. The highest BCUT2D eigenvalue weighted by molar-refractivity contribution is 6.28. The molecule has 0 saturated heterocycles. The van der Waals surface area contributed by atoms with Crippen molar-refractivity contribution in [2.45, 2.75) is 6.92 Å². The van der Waals surface area contributed by atoms with Crippen molar-refractivity contribution in [3.63, 3.8) is 0 Å². The minimum absolute atomic E-state index is 0.130. The zero-order valence-electron chi connectivity index (χ0n) is 11.5. The summed E-state index contributed by atoms with van der Waals surface area (Å²) >= 11 is 0. The van der Waals surface area contributed by atoms with Gasteiger partial charge in [0.25, 0.3) is 0 Å². The molecule has 0 N–H and O–H groups in total. The van der Waals surface area contributed by atoms with Crippen LogP contribution in [0.1, 0.15) is 28.4 Å². The van der Waals surface area contributed by atoms with Gasteiger partial charge in [-0.1, -0.05) is 42.5 Å². The molecule has 0 amide bonds. The first-order valence-electron chi connectivity index (χ1n) is 6.44. The lowest BCUT2D eigenvalue weighted by Crippen LogP contribution is -2.10. The number of carbonyl (C=O) groups excluding carboxylic acids is 2. The molecular weight excluding hydrogens is 262 g/mol. The third-order valence-corrected chi connectivity index (χ3v) is 3.01. The molecule has 3 heteroatoms. The van der Waals surface area contributed by atoms with E-state index in [1.54, 1.807) is 54.6 Å². The van der Waals surface area contributed by atoms with Crippen molar-refractivity contribution < 1.29 is 9.59 Å². The van der Waals surface area contributed by atoms with E-state index in [4.69, 9.17) is 5.26 Å². The molecule has 0 unspecified atom stereocenters. The van der Waals surface area contributed by atoms with E-state index in [-0.39, 0.29) is 17.1 Å². The molecule has 0 bridgehead atoms. The summed E-state index contributed by atoms with van der Waals surface area (Å²) in [6.07, 6.45) is 1.55. The number of carbonyl (C=O) groups is 2. The summed E-state index contributed by atoms with van der Waals surface area (Å²) in [7, 11) is 0. The Morgan fingerprint density at radius 3 is 2.14 bits per heavy atom. The number of hydrogen-bond acceptors (Lipinski definition) is 3. The topological polar surface area (TPSA) is 57.9 Å². The molecule has 0 atom stereocenters. The minimum Gasteiger partial charge on any atom is -0.294 e. The van der Waals surface area contributed by atoms with Gasteiger partial charge in [0.05, 0.1) is 17.2 Å². The fourth-order valence-electron chi connectivity index (χ4n) is 1.89. The summed E-state index contributed by atoms with van der Waals surface area (Å²) in [4.78, 5) is 24.1. The lowest BCUT2D eigenvalue weighted by atomic mass is 9.98. The lowest BCUT2D eigenvalue weighted by molar-refractivity contribution is -0.113. The van der Waals surface area contributed by atoms with Crippen molar-refractivity contribution in [1.29, 1.82) is 5.26 Å². The van der Waals surface area contributed by atoms with Gasteiger partial charge in [-0.05, 0) is 30.7 Å². The van der Waals surface area contributed by atoms with Crippen LogP contribution in [0.15, 0.2) is 60.2 Å². The summed E-state index contributed by atoms with van der Waals surface area (Å²) in [5, 5.41) is 8.76. The molecule has 2 aromatic rings. The Hall–Kier alpha value is -2.99. The second-order valence-corrected chi connectivity index (χ2v) is 4.54. The van der Waals surface area contributed by atoms with E-state index >= 15 is 0 Å². The summed E-state index contributed by atoms with van der Waals surface area (Å²) in [5.74, 6) is -0.583. The van der Waals surface area contributed by atoms with Crippen LogP contribution in [0.3, 0.4) is 0 Å². The van der Waals surface area contributed by atoms with Crippen LogP contribution in [0.5, 0.6) is 0 Å². The molecule has 0 heterocycles. The Kier molecular flexibility index (Phi) is 4.43. The number of ketones is 2. The fraction of sp³-hybridized carbons (Fsp3) is 0.0556. The van der Waals surface area contributed by atoms with E-state index in [1.807, 2.05) is 12.1 Å². The van der Waals surface area contributed by atoms with Crippen molar-refractivity contribution in [3.8, 4) is 6.07 Å². The van der Waals surface area contributed by atoms with Crippen LogP contribution in [0, 0.1) is 11.3 Å². The van der Waals surface area contributed by atoms with Crippen LogP contribution in [-0.4, -0.2) is 11.6 Å². The average Bonchev–Trinajstić information content (AvgIpc) is 2.53. The highest BCUT2D eigenvalue weighted by Crippen LogP contribution is 2.14. The van der Waals surface area contributed by atoms with Gasteiger partial charge in [-0.25, -0.2) is 0 Å². The third kappa shape index (κ3) is 3.52. The quantitative estimate of drug-likeness (QED) is 0.372. The third-order valence-electron chi connectivity index (χ3n) is 3.01. The van der Waals surface area contributed by atoms with Gasteiger partial charge in [0.1, 0.15) is 0 Å². The summed E-state index contributed by atoms with van der Waals surface area (Å²) in [5.41, 5.74) is 1.85. The Bertz CT molecular complexity index is 735. The molecule has 0 aliphatic heterocycles. The van der Waals surface area contributed by atoms with Gasteiger partial charge < -0.3 is 0 Å². The zero-order chi connectivity index (χ0) is 15.2. The normalized spacial score (nSPS) is 10.8. The highest BCUT2D eigenvalue weighted by atomic mass is 16.1. The molecule has 0 aliphatic carbocycles. The van der Waals surface area contributed by atoms with Crippen LogP contribution in [-0.2, 0) is 4.79 Å². The summed E-state index contributed by atoms with van der Waals surface area (Å²) < 4.78 is 0. The second-order valence-electron chi connectivity index (χ2n) is 4.54. The Balaban J connectivity index is 2.39. The van der Waals surface area contributed by atoms with Crippen LogP contribution in [0.25, 0.3) is 6.08 Å². The number of nitrogens with zero attached hydrogens (tertiary/aromatic N) is 1. The van der Waals surface area contributed by atoms with Crippen LogP contribution in [0.2, 0.25) is 0 Å². The van der Waals surface area contributed by atoms with Gasteiger partial charge in [-0.3, -0.25) is 9.59 Å². The van der Waals surface area contributed by atoms with Gasteiger partial charge in [0.2, 0.25) is 0 Å². The van der Waals surface area contributed by atoms with Gasteiger partial charge >= 0.3 is 0 Å². The zero-order valence-corrected chi connectivity index (χ0v) is 11.5. The molecule has 0 aliphatic rings. The van der Waals surface area contributed by atoms with Crippen molar-refractivity contribution in [1.82, 2.24) is 0 Å². The molecule has 21 heavy (non-hydrogen) atoms. The first-order valence-corrected chi connectivity index (χ1v) is 6.44. The number of nitriles is 1. The van der Waals surface area contributed by atoms with Crippen LogP contribution < -0.4 is 0 Å². The van der Waals surface area contributed by atoms with E-state index in [0.717, 1.165) is 0 Å². The maximum absolute atomic E-state index is 12.4. The van der Waals surface area contributed by atoms with Crippen molar-refractivity contribution in [2.75, 3.05) is 0 Å². The molecule has 0 aromatic heterocycles. The predicted octanol–water partition coefficient (Wildman–Crippen LogP) is 3.41. The van der Waals surface area contributed by atoms with Gasteiger partial charge in [-0.2, -0.15) is 5.26 Å². The average molecular weight is 275 g/mol. The smallest absolute Gasteiger partial charge is 0.196 e. The number of Topliss-reactive ketones (excluding diaryl/α,β-unsaturated/α-hetero) is 2. The van der Waals surface area contributed by atoms with E-state index in [1.165, 1.54) is 6.92 Å². The molecule has 0 spiro atoms. The number of benzene rings is 2. The predicted molar refractivity (Wildman–Crippen MR) is 80.6 cm³/mol. The molecule has 0 fully saturated rings. The molecule has 2 rings (SSSR count). The number of hydrogen-bond donors (Lipinski definition) is 0. The first kappa shape index (κ1) is 14.4. The van der Waals surface area contributed by atoms with E-state index in [9.17, 15) is 9.59 Å². The molecule has 0 saturated carbocycles. The first-order chi connectivity index (χ1) is 10.1. The lowest BCUT2D eigenvalue weighted by Gasteiger charge is -2.04. The number of allylic oxidation sites excluding steroid dienone is 1. The van der Waals surface area contributed by atoms with E-state index in [2.05, 4.69) is 0 Å². The van der Waals surface area contributed by atoms with Gasteiger partial charge in [0, 0.05) is 5.56 Å². The second kappa shape index (κ2) is 6.44. The van der Waals surface area contributed by atoms with Crippen molar-refractivity contribution in [2.24, 2.45) is 0 Å². The maximum Gasteiger partial charge on any atom is 0.196 e. The standard InChI is InChI=1S/C18H13NO2/c1-13(20)17(18(21)16-5-3-2-4-6-16)11-14-7-9-15(12-19)10-8-14/h2-11H,1H3/b17-11+. The molecule has 102 valence electrons. The Labute approximate surface area is 123 Å². The highest BCUT2D eigenvalue weighted by Gasteiger charge is 2.16. The fourth-order valence-corrected chi connectivity index (χ4v) is 1.89. The molecule has 3 nitrogen and oxygen atoms in total. The SMILES string of the molecule is CC(=O)/C(=C\c1ccc(C#N)cc1)C(=O)c1ccccc1. The Morgan fingerprint density at radius 1 is 1.00 bits per heavy atom. The van der Waals surface area contributed by atoms with Gasteiger partial charge in [-0.15, -0.1) is 0 Å². The Morgan fingerprint density at radius 2 is 1.62 bits per heavy atom. The minimum atomic E-state index is -0.299.